The highest BCUT2D eigenvalue weighted by atomic mass is 16.5. The van der Waals surface area contributed by atoms with Crippen LogP contribution in [0.2, 0.25) is 0 Å². The van der Waals surface area contributed by atoms with E-state index in [0.717, 1.165) is 5.57 Å². The summed E-state index contributed by atoms with van der Waals surface area (Å²) in [5, 5.41) is 11.7. The molecule has 0 fully saturated rings. The van der Waals surface area contributed by atoms with Crippen molar-refractivity contribution in [1.82, 2.24) is 15.3 Å². The molecule has 0 radical (unpaired) electrons. The third-order valence-corrected chi connectivity index (χ3v) is 3.72. The molecule has 1 atom stereocenters. The number of aliphatic imine (C=N–C) groups is 1. The van der Waals surface area contributed by atoms with Gasteiger partial charge in [-0.1, -0.05) is 19.1 Å². The van der Waals surface area contributed by atoms with Crippen LogP contribution < -0.4 is 5.32 Å². The van der Waals surface area contributed by atoms with Crippen LogP contribution in [-0.2, 0) is 10.3 Å². The minimum atomic E-state index is -0.748. The van der Waals surface area contributed by atoms with Gasteiger partial charge in [0, 0.05) is 12.4 Å². The summed E-state index contributed by atoms with van der Waals surface area (Å²) in [6.07, 6.45) is 8.80. The van der Waals surface area contributed by atoms with E-state index in [1.54, 1.807) is 12.3 Å². The number of alkyl carbamates (subject to hydrolysis) is 1. The van der Waals surface area contributed by atoms with Crippen molar-refractivity contribution < 1.29 is 9.53 Å². The van der Waals surface area contributed by atoms with E-state index in [9.17, 15) is 4.79 Å². The smallest absolute Gasteiger partial charge is 0.408 e. The second-order valence-electron chi connectivity index (χ2n) is 5.46. The van der Waals surface area contributed by atoms with Crippen LogP contribution in [0.25, 0.3) is 0 Å². The van der Waals surface area contributed by atoms with Crippen molar-refractivity contribution in [3.63, 3.8) is 0 Å². The van der Waals surface area contributed by atoms with Gasteiger partial charge >= 0.3 is 6.09 Å². The molecular weight excluding hydrogens is 306 g/mol. The average Bonchev–Trinajstić information content (AvgIpc) is 2.88. The Morgan fingerprint density at radius 3 is 3.08 bits per heavy atom. The predicted octanol–water partition coefficient (Wildman–Crippen LogP) is 2.27. The first-order chi connectivity index (χ1) is 11.6. The number of allylic oxidation sites excluding steroid dienone is 3. The number of hydrogen-bond donors (Lipinski definition) is 1. The third-order valence-electron chi connectivity index (χ3n) is 3.72. The molecule has 7 heteroatoms. The molecule has 2 heterocycles. The van der Waals surface area contributed by atoms with Gasteiger partial charge in [0.1, 0.15) is 12.7 Å². The van der Waals surface area contributed by atoms with Crippen molar-refractivity contribution in [3.8, 4) is 6.07 Å². The first-order valence-corrected chi connectivity index (χ1v) is 7.60. The fourth-order valence-corrected chi connectivity index (χ4v) is 2.09. The van der Waals surface area contributed by atoms with Crippen molar-refractivity contribution in [1.29, 1.82) is 5.26 Å². The Hall–Kier alpha value is -3.01. The van der Waals surface area contributed by atoms with Gasteiger partial charge in [0.25, 0.3) is 0 Å². The second-order valence-corrected chi connectivity index (χ2v) is 5.46. The van der Waals surface area contributed by atoms with Crippen LogP contribution in [0.1, 0.15) is 31.8 Å². The maximum absolute atomic E-state index is 12.1. The number of nitrogens with zero attached hydrogens (tertiary/aromatic N) is 4. The summed E-state index contributed by atoms with van der Waals surface area (Å²) in [7, 11) is 0. The predicted molar refractivity (Wildman–Crippen MR) is 89.5 cm³/mol. The molecular formula is C17H19N5O2. The van der Waals surface area contributed by atoms with Gasteiger partial charge in [-0.25, -0.2) is 14.8 Å². The minimum Gasteiger partial charge on any atom is -0.445 e. The third kappa shape index (κ3) is 4.49. The van der Waals surface area contributed by atoms with E-state index >= 15 is 0 Å². The van der Waals surface area contributed by atoms with Crippen molar-refractivity contribution >= 4 is 12.3 Å². The Balaban J connectivity index is 2.01. The molecule has 24 heavy (non-hydrogen) atoms. The van der Waals surface area contributed by atoms with Gasteiger partial charge in [0.05, 0.1) is 17.8 Å². The quantitative estimate of drug-likeness (QED) is 0.895. The van der Waals surface area contributed by atoms with Gasteiger partial charge in [0.2, 0.25) is 5.82 Å². The van der Waals surface area contributed by atoms with E-state index in [1.165, 1.54) is 6.20 Å². The van der Waals surface area contributed by atoms with Crippen LogP contribution in [-0.4, -0.2) is 35.4 Å². The summed E-state index contributed by atoms with van der Waals surface area (Å²) in [5.74, 6) is 0.0654. The fourth-order valence-electron chi connectivity index (χ4n) is 2.09. The molecule has 0 saturated heterocycles. The SMILES string of the molecule is CCC(C)(NC(=O)OCC1=CC=CC=NC1)c1ccnc(C#N)n1. The molecule has 1 aromatic rings. The van der Waals surface area contributed by atoms with Crippen molar-refractivity contribution in [2.24, 2.45) is 4.99 Å². The van der Waals surface area contributed by atoms with E-state index < -0.39 is 11.6 Å². The number of carbonyl (C=O) groups excluding carboxylic acids is 1. The van der Waals surface area contributed by atoms with E-state index in [0.29, 0.717) is 18.7 Å². The van der Waals surface area contributed by atoms with Crippen LogP contribution in [0, 0.1) is 11.3 Å². The topological polar surface area (TPSA) is 100 Å². The molecule has 0 aliphatic carbocycles. The average molecular weight is 325 g/mol. The number of hydrogen-bond acceptors (Lipinski definition) is 6. The van der Waals surface area contributed by atoms with E-state index in [2.05, 4.69) is 20.3 Å². The van der Waals surface area contributed by atoms with Crippen LogP contribution in [0.3, 0.4) is 0 Å². The monoisotopic (exact) mass is 325 g/mol. The van der Waals surface area contributed by atoms with E-state index in [-0.39, 0.29) is 12.4 Å². The number of nitriles is 1. The number of aromatic nitrogens is 2. The summed E-state index contributed by atoms with van der Waals surface area (Å²) in [6, 6.07) is 3.58. The highest BCUT2D eigenvalue weighted by molar-refractivity contribution is 5.72. The normalized spacial score (nSPS) is 15.6. The van der Waals surface area contributed by atoms with Gasteiger partial charge in [-0.15, -0.1) is 0 Å². The lowest BCUT2D eigenvalue weighted by molar-refractivity contribution is 0.141. The molecule has 124 valence electrons. The number of nitrogens with one attached hydrogen (secondary N) is 1. The van der Waals surface area contributed by atoms with Crippen LogP contribution in [0.4, 0.5) is 4.79 Å². The molecule has 1 amide bonds. The molecule has 2 rings (SSSR count). The summed E-state index contributed by atoms with van der Waals surface area (Å²) >= 11 is 0. The lowest BCUT2D eigenvalue weighted by atomic mass is 9.94. The zero-order chi connectivity index (χ0) is 17.4. The van der Waals surface area contributed by atoms with Crippen LogP contribution in [0.5, 0.6) is 0 Å². The molecule has 0 aromatic carbocycles. The van der Waals surface area contributed by atoms with Gasteiger partial charge in [-0.3, -0.25) is 4.99 Å². The molecule has 0 bridgehead atoms. The highest BCUT2D eigenvalue weighted by Crippen LogP contribution is 2.22. The van der Waals surface area contributed by atoms with E-state index in [4.69, 9.17) is 10.00 Å². The van der Waals surface area contributed by atoms with Gasteiger partial charge in [-0.05, 0) is 31.1 Å². The number of rotatable bonds is 5. The largest absolute Gasteiger partial charge is 0.445 e. The van der Waals surface area contributed by atoms with Crippen LogP contribution >= 0.6 is 0 Å². The Kier molecular flexibility index (Phi) is 5.79. The first-order valence-electron chi connectivity index (χ1n) is 7.60. The number of carbonyl (C=O) groups is 1. The molecule has 1 N–H and O–H groups in total. The van der Waals surface area contributed by atoms with Crippen molar-refractivity contribution in [2.45, 2.75) is 25.8 Å². The number of amides is 1. The van der Waals surface area contributed by atoms with Crippen molar-refractivity contribution in [3.05, 3.63) is 47.6 Å². The number of ether oxygens (including phenoxy) is 1. The Labute approximate surface area is 140 Å². The lowest BCUT2D eigenvalue weighted by Gasteiger charge is -2.28. The maximum atomic E-state index is 12.1. The molecule has 1 unspecified atom stereocenters. The summed E-state index contributed by atoms with van der Waals surface area (Å²) in [5.41, 5.74) is 0.721. The van der Waals surface area contributed by atoms with Crippen LogP contribution in [0.15, 0.2) is 41.1 Å². The Morgan fingerprint density at radius 2 is 2.33 bits per heavy atom. The molecule has 1 aliphatic heterocycles. The summed E-state index contributed by atoms with van der Waals surface area (Å²) < 4.78 is 5.28. The molecule has 0 saturated carbocycles. The first kappa shape index (κ1) is 17.3. The summed E-state index contributed by atoms with van der Waals surface area (Å²) in [6.45, 7) is 4.42. The second kappa shape index (κ2) is 8.02. The fraction of sp³-hybridized carbons (Fsp3) is 0.353. The molecule has 7 nitrogen and oxygen atoms in total. The maximum Gasteiger partial charge on any atom is 0.408 e. The zero-order valence-electron chi connectivity index (χ0n) is 13.7. The highest BCUT2D eigenvalue weighted by Gasteiger charge is 2.29. The molecule has 1 aliphatic rings. The van der Waals surface area contributed by atoms with Gasteiger partial charge in [-0.2, -0.15) is 5.26 Å². The van der Waals surface area contributed by atoms with Crippen molar-refractivity contribution in [2.75, 3.05) is 13.2 Å². The zero-order valence-corrected chi connectivity index (χ0v) is 13.7. The van der Waals surface area contributed by atoms with E-state index in [1.807, 2.05) is 38.1 Å². The molecule has 0 spiro atoms. The standard InChI is InChI=1S/C17H19N5O2/c1-3-17(2,14-7-9-20-15(10-18)21-14)22-16(23)24-12-13-6-4-5-8-19-11-13/h4-9H,3,11-12H2,1-2H3,(H,22,23). The minimum absolute atomic E-state index is 0.0654. The Morgan fingerprint density at radius 1 is 1.50 bits per heavy atom. The lowest BCUT2D eigenvalue weighted by Crippen LogP contribution is -2.44. The Bertz CT molecular complexity index is 733. The van der Waals surface area contributed by atoms with Gasteiger partial charge in [0.15, 0.2) is 0 Å². The summed E-state index contributed by atoms with van der Waals surface area (Å²) in [4.78, 5) is 24.3. The van der Waals surface area contributed by atoms with Gasteiger partial charge < -0.3 is 10.1 Å². The molecule has 1 aromatic heterocycles.